The van der Waals surface area contributed by atoms with Crippen molar-refractivity contribution in [3.63, 3.8) is 0 Å². The highest BCUT2D eigenvalue weighted by Crippen LogP contribution is 2.21. The number of carbonyl (C=O) groups is 1. The Bertz CT molecular complexity index is 847. The fraction of sp³-hybridized carbons (Fsp3) is 0.238. The average molecular weight is 350 g/mol. The Morgan fingerprint density at radius 3 is 2.46 bits per heavy atom. The Hall–Kier alpha value is -3.26. The van der Waals surface area contributed by atoms with Crippen molar-refractivity contribution in [3.8, 4) is 11.8 Å². The Morgan fingerprint density at radius 1 is 1.19 bits per heavy atom. The molecule has 134 valence electrons. The summed E-state index contributed by atoms with van der Waals surface area (Å²) >= 11 is 0. The molecule has 0 radical (unpaired) electrons. The molecule has 0 saturated heterocycles. The molecule has 0 unspecified atom stereocenters. The number of esters is 1. The number of ether oxygens (including phenoxy) is 2. The number of benzene rings is 2. The number of methoxy groups -OCH3 is 1. The zero-order valence-electron chi connectivity index (χ0n) is 15.4. The fourth-order valence-electron chi connectivity index (χ4n) is 2.41. The van der Waals surface area contributed by atoms with Crippen LogP contribution in [0.1, 0.15) is 16.7 Å². The normalized spacial score (nSPS) is 10.8. The molecule has 0 N–H and O–H groups in total. The molecular formula is C21H22N2O3. The number of nitrogens with zero attached hydrogens (tertiary/aromatic N) is 2. The molecule has 0 fully saturated rings. The van der Waals surface area contributed by atoms with Gasteiger partial charge in [0.15, 0.2) is 0 Å². The first kappa shape index (κ1) is 19.1. The Kier molecular flexibility index (Phi) is 6.40. The third-order valence-corrected chi connectivity index (χ3v) is 3.86. The molecule has 0 aliphatic heterocycles. The van der Waals surface area contributed by atoms with Crippen LogP contribution in [0.4, 0.5) is 5.69 Å². The summed E-state index contributed by atoms with van der Waals surface area (Å²) in [5.41, 5.74) is 3.54. The van der Waals surface area contributed by atoms with Gasteiger partial charge in [0.2, 0.25) is 0 Å². The zero-order valence-corrected chi connectivity index (χ0v) is 15.4. The number of hydrogen-bond acceptors (Lipinski definition) is 5. The summed E-state index contributed by atoms with van der Waals surface area (Å²) in [6, 6.07) is 15.1. The topological polar surface area (TPSA) is 62.6 Å². The van der Waals surface area contributed by atoms with E-state index < -0.39 is 5.97 Å². The van der Waals surface area contributed by atoms with Gasteiger partial charge in [-0.05, 0) is 42.8 Å². The molecule has 2 aromatic carbocycles. The first-order chi connectivity index (χ1) is 12.4. The van der Waals surface area contributed by atoms with Gasteiger partial charge in [-0.15, -0.1) is 0 Å². The largest absolute Gasteiger partial charge is 0.496 e. The Balaban J connectivity index is 2.11. The predicted molar refractivity (Wildman–Crippen MR) is 102 cm³/mol. The molecule has 5 nitrogen and oxygen atoms in total. The first-order valence-electron chi connectivity index (χ1n) is 8.14. The van der Waals surface area contributed by atoms with Crippen LogP contribution in [0.15, 0.2) is 48.0 Å². The van der Waals surface area contributed by atoms with E-state index in [4.69, 9.17) is 9.47 Å². The quantitative estimate of drug-likeness (QED) is 0.451. The number of aryl methyl sites for hydroxylation is 1. The van der Waals surface area contributed by atoms with Crippen LogP contribution in [0.25, 0.3) is 6.08 Å². The van der Waals surface area contributed by atoms with E-state index in [9.17, 15) is 10.1 Å². The van der Waals surface area contributed by atoms with Gasteiger partial charge in [-0.2, -0.15) is 5.26 Å². The van der Waals surface area contributed by atoms with Crippen LogP contribution < -0.4 is 9.64 Å². The van der Waals surface area contributed by atoms with Crippen molar-refractivity contribution < 1.29 is 14.3 Å². The summed E-state index contributed by atoms with van der Waals surface area (Å²) in [4.78, 5) is 14.2. The van der Waals surface area contributed by atoms with Crippen LogP contribution in [-0.4, -0.2) is 27.2 Å². The molecule has 5 heteroatoms. The monoisotopic (exact) mass is 350 g/mol. The van der Waals surface area contributed by atoms with Crippen LogP contribution in [0, 0.1) is 18.3 Å². The van der Waals surface area contributed by atoms with Gasteiger partial charge in [0.05, 0.1) is 7.11 Å². The van der Waals surface area contributed by atoms with Crippen molar-refractivity contribution in [3.05, 3.63) is 64.7 Å². The van der Waals surface area contributed by atoms with Crippen LogP contribution in [-0.2, 0) is 16.1 Å². The number of carbonyl (C=O) groups excluding carboxylic acids is 1. The number of rotatable bonds is 6. The van der Waals surface area contributed by atoms with Crippen molar-refractivity contribution in [2.75, 3.05) is 26.1 Å². The minimum Gasteiger partial charge on any atom is -0.496 e. The second-order valence-corrected chi connectivity index (χ2v) is 6.05. The second-order valence-electron chi connectivity index (χ2n) is 6.05. The molecular weight excluding hydrogens is 328 g/mol. The second kappa shape index (κ2) is 8.72. The van der Waals surface area contributed by atoms with Gasteiger partial charge < -0.3 is 14.4 Å². The van der Waals surface area contributed by atoms with Gasteiger partial charge in [-0.3, -0.25) is 0 Å². The highest BCUT2D eigenvalue weighted by atomic mass is 16.5. The fourth-order valence-corrected chi connectivity index (χ4v) is 2.41. The lowest BCUT2D eigenvalue weighted by molar-refractivity contribution is -0.139. The van der Waals surface area contributed by atoms with Crippen molar-refractivity contribution in [1.29, 1.82) is 5.26 Å². The molecule has 26 heavy (non-hydrogen) atoms. The van der Waals surface area contributed by atoms with E-state index in [1.54, 1.807) is 7.11 Å². The molecule has 0 aliphatic rings. The maximum atomic E-state index is 12.2. The van der Waals surface area contributed by atoms with Crippen LogP contribution in [0.3, 0.4) is 0 Å². The smallest absolute Gasteiger partial charge is 0.349 e. The number of hydrogen-bond donors (Lipinski definition) is 0. The van der Waals surface area contributed by atoms with E-state index >= 15 is 0 Å². The molecule has 0 bridgehead atoms. The van der Waals surface area contributed by atoms with E-state index in [1.807, 2.05) is 74.5 Å². The lowest BCUT2D eigenvalue weighted by Crippen LogP contribution is -2.08. The first-order valence-corrected chi connectivity index (χ1v) is 8.14. The van der Waals surface area contributed by atoms with Crippen LogP contribution in [0.5, 0.6) is 5.75 Å². The maximum Gasteiger partial charge on any atom is 0.349 e. The summed E-state index contributed by atoms with van der Waals surface area (Å²) in [5, 5.41) is 9.29. The average Bonchev–Trinajstić information content (AvgIpc) is 2.64. The zero-order chi connectivity index (χ0) is 19.1. The summed E-state index contributed by atoms with van der Waals surface area (Å²) < 4.78 is 10.6. The lowest BCUT2D eigenvalue weighted by atomic mass is 10.1. The van der Waals surface area contributed by atoms with Crippen molar-refractivity contribution in [2.45, 2.75) is 13.5 Å². The van der Waals surface area contributed by atoms with Crippen LogP contribution >= 0.6 is 0 Å². The summed E-state index contributed by atoms with van der Waals surface area (Å²) in [7, 11) is 5.46. The predicted octanol–water partition coefficient (Wildman–Crippen LogP) is 3.72. The third-order valence-electron chi connectivity index (χ3n) is 3.86. The molecule has 0 spiro atoms. The van der Waals surface area contributed by atoms with E-state index in [1.165, 1.54) is 6.08 Å². The van der Waals surface area contributed by atoms with E-state index in [0.717, 1.165) is 22.4 Å². The third kappa shape index (κ3) is 4.87. The van der Waals surface area contributed by atoms with Crippen molar-refractivity contribution >= 4 is 17.7 Å². The molecule has 0 saturated carbocycles. The van der Waals surface area contributed by atoms with E-state index in [0.29, 0.717) is 5.75 Å². The SMILES string of the molecule is COc1ccc(C)cc1COC(=O)/C(C#N)=C/c1ccc(N(C)C)cc1. The van der Waals surface area contributed by atoms with E-state index in [-0.39, 0.29) is 12.2 Å². The highest BCUT2D eigenvalue weighted by Gasteiger charge is 2.13. The van der Waals surface area contributed by atoms with Gasteiger partial charge in [0, 0.05) is 25.3 Å². The van der Waals surface area contributed by atoms with Gasteiger partial charge in [0.25, 0.3) is 0 Å². The lowest BCUT2D eigenvalue weighted by Gasteiger charge is -2.12. The highest BCUT2D eigenvalue weighted by molar-refractivity contribution is 5.97. The molecule has 0 amide bonds. The minimum absolute atomic E-state index is 0.0439. The number of anilines is 1. The van der Waals surface area contributed by atoms with Gasteiger partial charge >= 0.3 is 5.97 Å². The summed E-state index contributed by atoms with van der Waals surface area (Å²) in [6.07, 6.45) is 1.52. The summed E-state index contributed by atoms with van der Waals surface area (Å²) in [6.45, 7) is 1.99. The molecule has 0 atom stereocenters. The molecule has 0 aliphatic carbocycles. The standard InChI is InChI=1S/C21H22N2O3/c1-15-5-10-20(25-4)18(11-15)14-26-21(24)17(13-22)12-16-6-8-19(9-7-16)23(2)3/h5-12H,14H2,1-4H3/b17-12+. The van der Waals surface area contributed by atoms with E-state index in [2.05, 4.69) is 0 Å². The van der Waals surface area contributed by atoms with Gasteiger partial charge in [-0.1, -0.05) is 23.8 Å². The summed E-state index contributed by atoms with van der Waals surface area (Å²) in [5.74, 6) is -0.0158. The van der Waals surface area contributed by atoms with Crippen molar-refractivity contribution in [1.82, 2.24) is 0 Å². The van der Waals surface area contributed by atoms with Gasteiger partial charge in [-0.25, -0.2) is 4.79 Å². The number of nitriles is 1. The molecule has 0 heterocycles. The Morgan fingerprint density at radius 2 is 1.88 bits per heavy atom. The van der Waals surface area contributed by atoms with Gasteiger partial charge in [0.1, 0.15) is 24.0 Å². The molecule has 2 aromatic rings. The maximum absolute atomic E-state index is 12.2. The Labute approximate surface area is 154 Å². The molecule has 0 aromatic heterocycles. The molecule has 2 rings (SSSR count). The van der Waals surface area contributed by atoms with Crippen molar-refractivity contribution in [2.24, 2.45) is 0 Å². The van der Waals surface area contributed by atoms with Crippen LogP contribution in [0.2, 0.25) is 0 Å². The minimum atomic E-state index is -0.659.